The quantitative estimate of drug-likeness (QED) is 0.441. The molecule has 0 aliphatic carbocycles. The molecule has 33 heavy (non-hydrogen) atoms. The van der Waals surface area contributed by atoms with Crippen LogP contribution in [0.4, 0.5) is 0 Å². The van der Waals surface area contributed by atoms with Gasteiger partial charge in [0.15, 0.2) is 0 Å². The number of hydrazine groups is 1. The molecule has 7 heteroatoms. The van der Waals surface area contributed by atoms with Gasteiger partial charge in [-0.3, -0.25) is 24.6 Å². The number of hydrogen-bond acceptors (Lipinski definition) is 4. The summed E-state index contributed by atoms with van der Waals surface area (Å²) in [5, 5.41) is 0.688. The highest BCUT2D eigenvalue weighted by atomic mass is 32.2. The van der Waals surface area contributed by atoms with Crippen molar-refractivity contribution in [2.45, 2.75) is 12.7 Å². The van der Waals surface area contributed by atoms with E-state index in [4.69, 9.17) is 4.98 Å². The van der Waals surface area contributed by atoms with Crippen molar-refractivity contribution in [3.63, 3.8) is 0 Å². The molecular formula is C26H23N3O3S. The largest absolute Gasteiger partial charge is 0.270 e. The van der Waals surface area contributed by atoms with Gasteiger partial charge in [0.1, 0.15) is 0 Å². The Morgan fingerprint density at radius 1 is 0.879 bits per heavy atom. The number of hydrogen-bond donors (Lipinski definition) is 2. The number of pyridine rings is 1. The van der Waals surface area contributed by atoms with Crippen molar-refractivity contribution in [1.29, 1.82) is 0 Å². The molecule has 1 aromatic heterocycles. The number of nitrogens with zero attached hydrogens (tertiary/aromatic N) is 1. The van der Waals surface area contributed by atoms with Gasteiger partial charge in [-0.1, -0.05) is 60.2 Å². The van der Waals surface area contributed by atoms with E-state index in [9.17, 15) is 13.8 Å². The fourth-order valence-corrected chi connectivity index (χ4v) is 4.17. The van der Waals surface area contributed by atoms with Gasteiger partial charge in [-0.2, -0.15) is 0 Å². The van der Waals surface area contributed by atoms with Gasteiger partial charge >= 0.3 is 0 Å². The summed E-state index contributed by atoms with van der Waals surface area (Å²) < 4.78 is 11.5. The normalized spacial score (nSPS) is 11.7. The van der Waals surface area contributed by atoms with Crippen molar-refractivity contribution in [3.8, 4) is 11.3 Å². The molecule has 0 radical (unpaired) electrons. The van der Waals surface area contributed by atoms with Gasteiger partial charge in [0.25, 0.3) is 11.8 Å². The van der Waals surface area contributed by atoms with E-state index in [2.05, 4.69) is 10.9 Å². The molecule has 0 fully saturated rings. The molecule has 0 bridgehead atoms. The summed E-state index contributed by atoms with van der Waals surface area (Å²) in [7, 11) is -1.01. The Balaban J connectivity index is 1.58. The lowest BCUT2D eigenvalue weighted by Crippen LogP contribution is -2.41. The highest BCUT2D eigenvalue weighted by Gasteiger charge is 2.15. The Bertz CT molecular complexity index is 1370. The molecule has 4 rings (SSSR count). The van der Waals surface area contributed by atoms with E-state index < -0.39 is 22.6 Å². The molecule has 0 spiro atoms. The van der Waals surface area contributed by atoms with Crippen LogP contribution in [-0.2, 0) is 16.6 Å². The first-order valence-electron chi connectivity index (χ1n) is 10.4. The van der Waals surface area contributed by atoms with Gasteiger partial charge in [0.05, 0.1) is 16.8 Å². The minimum absolute atomic E-state index is 0.359. The zero-order chi connectivity index (χ0) is 23.4. The second-order valence-corrected chi connectivity index (χ2v) is 9.20. The van der Waals surface area contributed by atoms with Crippen LogP contribution in [0.25, 0.3) is 22.2 Å². The lowest BCUT2D eigenvalue weighted by molar-refractivity contribution is 0.0847. The van der Waals surface area contributed by atoms with E-state index in [1.165, 1.54) is 0 Å². The van der Waals surface area contributed by atoms with E-state index >= 15 is 0 Å². The number of aromatic nitrogens is 1. The SMILES string of the molecule is Cc1ccc(-c2cc(C(=O)NNC(=O)c3cccc(CS(C)=O)c3)c3ccccc3n2)cc1. The van der Waals surface area contributed by atoms with E-state index in [0.29, 0.717) is 33.5 Å². The molecule has 1 atom stereocenters. The summed E-state index contributed by atoms with van der Waals surface area (Å²) in [6.07, 6.45) is 1.61. The predicted molar refractivity (Wildman–Crippen MR) is 131 cm³/mol. The van der Waals surface area contributed by atoms with Crippen LogP contribution >= 0.6 is 0 Å². The summed E-state index contributed by atoms with van der Waals surface area (Å²) in [6.45, 7) is 2.01. The van der Waals surface area contributed by atoms with E-state index in [1.54, 1.807) is 30.5 Å². The zero-order valence-corrected chi connectivity index (χ0v) is 19.1. The molecule has 6 nitrogen and oxygen atoms in total. The number of carbonyl (C=O) groups excluding carboxylic acids is 2. The first-order chi connectivity index (χ1) is 15.9. The van der Waals surface area contributed by atoms with Crippen molar-refractivity contribution in [3.05, 3.63) is 101 Å². The maximum absolute atomic E-state index is 13.1. The Kier molecular flexibility index (Phi) is 6.60. The highest BCUT2D eigenvalue weighted by Crippen LogP contribution is 2.25. The number of rotatable bonds is 5. The highest BCUT2D eigenvalue weighted by molar-refractivity contribution is 7.83. The van der Waals surface area contributed by atoms with Gasteiger partial charge in [-0.25, -0.2) is 4.98 Å². The van der Waals surface area contributed by atoms with Gasteiger partial charge in [0, 0.05) is 39.3 Å². The molecular weight excluding hydrogens is 434 g/mol. The Morgan fingerprint density at radius 2 is 1.61 bits per heavy atom. The molecule has 2 amide bonds. The summed E-state index contributed by atoms with van der Waals surface area (Å²) in [6, 6.07) is 23.9. The second-order valence-electron chi connectivity index (χ2n) is 7.76. The van der Waals surface area contributed by atoms with Crippen LogP contribution in [0.1, 0.15) is 31.8 Å². The van der Waals surface area contributed by atoms with Crippen molar-refractivity contribution >= 4 is 33.5 Å². The average molecular weight is 458 g/mol. The molecule has 166 valence electrons. The first-order valence-corrected chi connectivity index (χ1v) is 12.1. The molecule has 3 aromatic carbocycles. The van der Waals surface area contributed by atoms with Gasteiger partial charge in [-0.15, -0.1) is 0 Å². The standard InChI is InChI=1S/C26H23N3O3S/c1-17-10-12-19(13-11-17)24-15-22(21-8-3-4-9-23(21)27-24)26(31)29-28-25(30)20-7-5-6-18(14-20)16-33(2)32/h3-15H,16H2,1-2H3,(H,28,30)(H,29,31). The number of benzene rings is 3. The minimum Gasteiger partial charge on any atom is -0.267 e. The van der Waals surface area contributed by atoms with Crippen molar-refractivity contribution in [1.82, 2.24) is 15.8 Å². The number of aryl methyl sites for hydroxylation is 1. The third-order valence-electron chi connectivity index (χ3n) is 5.16. The molecule has 4 aromatic rings. The van der Waals surface area contributed by atoms with E-state index in [-0.39, 0.29) is 0 Å². The topological polar surface area (TPSA) is 88.2 Å². The fourth-order valence-electron chi connectivity index (χ4n) is 3.53. The molecule has 0 aliphatic heterocycles. The molecule has 0 saturated carbocycles. The van der Waals surface area contributed by atoms with Crippen LogP contribution in [0.15, 0.2) is 78.9 Å². The third-order valence-corrected chi connectivity index (χ3v) is 5.90. The minimum atomic E-state index is -1.01. The van der Waals surface area contributed by atoms with Gasteiger partial charge < -0.3 is 0 Å². The Hall–Kier alpha value is -3.84. The Morgan fingerprint density at radius 3 is 2.36 bits per heavy atom. The third kappa shape index (κ3) is 5.32. The molecule has 1 heterocycles. The van der Waals surface area contributed by atoms with Crippen molar-refractivity contribution < 1.29 is 13.8 Å². The molecule has 0 aliphatic rings. The van der Waals surface area contributed by atoms with Gasteiger partial charge in [0.2, 0.25) is 0 Å². The average Bonchev–Trinajstić information content (AvgIpc) is 2.82. The smallest absolute Gasteiger partial charge is 0.267 e. The maximum atomic E-state index is 13.1. The molecule has 1 unspecified atom stereocenters. The molecule has 0 saturated heterocycles. The van der Waals surface area contributed by atoms with E-state index in [0.717, 1.165) is 16.7 Å². The monoisotopic (exact) mass is 457 g/mol. The van der Waals surface area contributed by atoms with Crippen molar-refractivity contribution in [2.24, 2.45) is 0 Å². The van der Waals surface area contributed by atoms with Crippen LogP contribution in [0, 0.1) is 6.92 Å². The summed E-state index contributed by atoms with van der Waals surface area (Å²) in [5.74, 6) is -0.538. The molecule has 2 N–H and O–H groups in total. The maximum Gasteiger partial charge on any atom is 0.270 e. The summed E-state index contributed by atoms with van der Waals surface area (Å²) in [4.78, 5) is 30.3. The summed E-state index contributed by atoms with van der Waals surface area (Å²) >= 11 is 0. The van der Waals surface area contributed by atoms with Gasteiger partial charge in [-0.05, 0) is 36.8 Å². The Labute approximate surface area is 194 Å². The van der Waals surface area contributed by atoms with Crippen LogP contribution in [-0.4, -0.2) is 27.3 Å². The van der Waals surface area contributed by atoms with Crippen LogP contribution in [0.5, 0.6) is 0 Å². The van der Waals surface area contributed by atoms with E-state index in [1.807, 2.05) is 61.5 Å². The van der Waals surface area contributed by atoms with Crippen LogP contribution < -0.4 is 10.9 Å². The number of para-hydroxylation sites is 1. The number of nitrogens with one attached hydrogen (secondary N) is 2. The second kappa shape index (κ2) is 9.75. The first kappa shape index (κ1) is 22.4. The van der Waals surface area contributed by atoms with Crippen molar-refractivity contribution in [2.75, 3.05) is 6.26 Å². The summed E-state index contributed by atoms with van der Waals surface area (Å²) in [5.41, 5.74) is 9.95. The number of carbonyl (C=O) groups is 2. The lowest BCUT2D eigenvalue weighted by atomic mass is 10.0. The number of fused-ring (bicyclic) bond motifs is 1. The van der Waals surface area contributed by atoms with Crippen LogP contribution in [0.3, 0.4) is 0 Å². The predicted octanol–water partition coefficient (Wildman–Crippen LogP) is 4.16. The lowest BCUT2D eigenvalue weighted by Gasteiger charge is -2.12. The van der Waals surface area contributed by atoms with Crippen LogP contribution in [0.2, 0.25) is 0 Å². The fraction of sp³-hybridized carbons (Fsp3) is 0.115. The number of amides is 2. The zero-order valence-electron chi connectivity index (χ0n) is 18.3.